The van der Waals surface area contributed by atoms with E-state index in [-0.39, 0.29) is 0 Å². The standard InChI is InChI=1S/C17H33N/c1-17(2,3)15-11-7-8-12-16(15)18-13-14-9-5-4-6-10-14/h14-16,18H,4-13H2,1-3H3. The molecule has 0 aliphatic heterocycles. The van der Waals surface area contributed by atoms with Gasteiger partial charge in [-0.3, -0.25) is 0 Å². The van der Waals surface area contributed by atoms with Crippen LogP contribution < -0.4 is 5.32 Å². The molecule has 0 bridgehead atoms. The molecule has 0 heterocycles. The van der Waals surface area contributed by atoms with Crippen LogP contribution in [0.2, 0.25) is 0 Å². The highest BCUT2D eigenvalue weighted by atomic mass is 14.9. The van der Waals surface area contributed by atoms with Crippen molar-refractivity contribution in [3.63, 3.8) is 0 Å². The van der Waals surface area contributed by atoms with Gasteiger partial charge < -0.3 is 5.32 Å². The lowest BCUT2D eigenvalue weighted by atomic mass is 9.69. The van der Waals surface area contributed by atoms with Crippen molar-refractivity contribution in [1.29, 1.82) is 0 Å². The van der Waals surface area contributed by atoms with Crippen molar-refractivity contribution in [2.24, 2.45) is 17.3 Å². The lowest BCUT2D eigenvalue weighted by Gasteiger charge is -2.41. The Bertz CT molecular complexity index is 234. The Kier molecular flexibility index (Phi) is 5.12. The molecule has 0 spiro atoms. The average Bonchev–Trinajstić information content (AvgIpc) is 2.37. The van der Waals surface area contributed by atoms with E-state index in [4.69, 9.17) is 0 Å². The van der Waals surface area contributed by atoms with Crippen LogP contribution in [0.1, 0.15) is 78.6 Å². The SMILES string of the molecule is CC(C)(C)C1CCCCC1NCC1CCCCC1. The molecule has 0 aromatic carbocycles. The average molecular weight is 251 g/mol. The summed E-state index contributed by atoms with van der Waals surface area (Å²) in [4.78, 5) is 0. The van der Waals surface area contributed by atoms with Crippen molar-refractivity contribution in [3.05, 3.63) is 0 Å². The van der Waals surface area contributed by atoms with Crippen molar-refractivity contribution < 1.29 is 0 Å². The summed E-state index contributed by atoms with van der Waals surface area (Å²) in [5.74, 6) is 1.86. The van der Waals surface area contributed by atoms with Gasteiger partial charge in [0, 0.05) is 6.04 Å². The summed E-state index contributed by atoms with van der Waals surface area (Å²) in [5, 5.41) is 3.95. The van der Waals surface area contributed by atoms with Crippen molar-refractivity contribution >= 4 is 0 Å². The minimum Gasteiger partial charge on any atom is -0.313 e. The van der Waals surface area contributed by atoms with Crippen LogP contribution in [0.15, 0.2) is 0 Å². The molecule has 2 aliphatic rings. The molecule has 0 saturated heterocycles. The molecule has 2 aliphatic carbocycles. The Morgan fingerprint density at radius 1 is 0.833 bits per heavy atom. The van der Waals surface area contributed by atoms with Crippen molar-refractivity contribution in [3.8, 4) is 0 Å². The largest absolute Gasteiger partial charge is 0.313 e. The first-order valence-corrected chi connectivity index (χ1v) is 8.31. The molecule has 2 unspecified atom stereocenters. The van der Waals surface area contributed by atoms with Gasteiger partial charge in [-0.2, -0.15) is 0 Å². The molecule has 0 aromatic heterocycles. The summed E-state index contributed by atoms with van der Waals surface area (Å²) >= 11 is 0. The Labute approximate surface area is 114 Å². The zero-order valence-corrected chi connectivity index (χ0v) is 12.8. The fourth-order valence-corrected chi connectivity index (χ4v) is 4.12. The monoisotopic (exact) mass is 251 g/mol. The third-order valence-electron chi connectivity index (χ3n) is 5.27. The van der Waals surface area contributed by atoms with E-state index in [1.54, 1.807) is 0 Å². The lowest BCUT2D eigenvalue weighted by molar-refractivity contribution is 0.126. The fourth-order valence-electron chi connectivity index (χ4n) is 4.12. The van der Waals surface area contributed by atoms with Gasteiger partial charge in [-0.05, 0) is 49.5 Å². The van der Waals surface area contributed by atoms with Crippen LogP contribution in [0.25, 0.3) is 0 Å². The molecular formula is C17H33N. The minimum absolute atomic E-state index is 0.477. The van der Waals surface area contributed by atoms with Crippen molar-refractivity contribution in [2.75, 3.05) is 6.54 Å². The molecule has 0 aromatic rings. The maximum absolute atomic E-state index is 3.95. The summed E-state index contributed by atoms with van der Waals surface area (Å²) in [6.45, 7) is 8.58. The van der Waals surface area contributed by atoms with E-state index in [1.807, 2.05) is 0 Å². The highest BCUT2D eigenvalue weighted by Gasteiger charge is 2.34. The summed E-state index contributed by atoms with van der Waals surface area (Å²) in [7, 11) is 0. The van der Waals surface area contributed by atoms with E-state index in [9.17, 15) is 0 Å². The highest BCUT2D eigenvalue weighted by Crippen LogP contribution is 2.38. The van der Waals surface area contributed by atoms with E-state index in [1.165, 1.54) is 64.3 Å². The van der Waals surface area contributed by atoms with Crippen LogP contribution in [-0.2, 0) is 0 Å². The first-order valence-electron chi connectivity index (χ1n) is 8.31. The van der Waals surface area contributed by atoms with Gasteiger partial charge in [0.05, 0.1) is 0 Å². The molecule has 0 amide bonds. The van der Waals surface area contributed by atoms with Crippen LogP contribution in [0.5, 0.6) is 0 Å². The predicted molar refractivity (Wildman–Crippen MR) is 79.8 cm³/mol. The van der Waals surface area contributed by atoms with E-state index in [2.05, 4.69) is 26.1 Å². The topological polar surface area (TPSA) is 12.0 Å². The summed E-state index contributed by atoms with van der Waals surface area (Å²) in [6.07, 6.45) is 13.1. The third kappa shape index (κ3) is 3.98. The van der Waals surface area contributed by atoms with Crippen LogP contribution in [0, 0.1) is 17.3 Å². The second-order valence-corrected chi connectivity index (χ2v) is 7.78. The molecule has 2 saturated carbocycles. The molecule has 2 atom stereocenters. The van der Waals surface area contributed by atoms with E-state index >= 15 is 0 Å². The molecule has 1 nitrogen and oxygen atoms in total. The molecule has 0 radical (unpaired) electrons. The second-order valence-electron chi connectivity index (χ2n) is 7.78. The van der Waals surface area contributed by atoms with Crippen LogP contribution in [0.3, 0.4) is 0 Å². The van der Waals surface area contributed by atoms with Gasteiger partial charge in [0.1, 0.15) is 0 Å². The molecule has 2 rings (SSSR count). The number of hydrogen-bond donors (Lipinski definition) is 1. The van der Waals surface area contributed by atoms with Crippen LogP contribution >= 0.6 is 0 Å². The van der Waals surface area contributed by atoms with Gasteiger partial charge in [-0.15, -0.1) is 0 Å². The first kappa shape index (κ1) is 14.4. The van der Waals surface area contributed by atoms with Gasteiger partial charge in [-0.1, -0.05) is 52.9 Å². The zero-order valence-electron chi connectivity index (χ0n) is 12.8. The van der Waals surface area contributed by atoms with Gasteiger partial charge in [0.2, 0.25) is 0 Å². The predicted octanol–water partition coefficient (Wildman–Crippen LogP) is 4.76. The molecule has 1 N–H and O–H groups in total. The first-order chi connectivity index (χ1) is 8.57. The van der Waals surface area contributed by atoms with Crippen molar-refractivity contribution in [1.82, 2.24) is 5.32 Å². The highest BCUT2D eigenvalue weighted by molar-refractivity contribution is 4.88. The molecule has 106 valence electrons. The van der Waals surface area contributed by atoms with Gasteiger partial charge >= 0.3 is 0 Å². The number of rotatable bonds is 3. The maximum atomic E-state index is 3.95. The molecule has 2 fully saturated rings. The Morgan fingerprint density at radius 2 is 1.44 bits per heavy atom. The van der Waals surface area contributed by atoms with Crippen molar-refractivity contribution in [2.45, 2.75) is 84.6 Å². The van der Waals surface area contributed by atoms with E-state index in [0.29, 0.717) is 5.41 Å². The van der Waals surface area contributed by atoms with Crippen LogP contribution in [-0.4, -0.2) is 12.6 Å². The number of hydrogen-bond acceptors (Lipinski definition) is 1. The fraction of sp³-hybridized carbons (Fsp3) is 1.00. The summed E-state index contributed by atoms with van der Waals surface area (Å²) < 4.78 is 0. The molecule has 1 heteroatoms. The Morgan fingerprint density at radius 3 is 2.11 bits per heavy atom. The lowest BCUT2D eigenvalue weighted by Crippen LogP contribution is -2.45. The zero-order chi connectivity index (χ0) is 13.0. The van der Waals surface area contributed by atoms with Gasteiger partial charge in [-0.25, -0.2) is 0 Å². The summed E-state index contributed by atoms with van der Waals surface area (Å²) in [5.41, 5.74) is 0.477. The minimum atomic E-state index is 0.477. The Hall–Kier alpha value is -0.0400. The van der Waals surface area contributed by atoms with Gasteiger partial charge in [0.15, 0.2) is 0 Å². The smallest absolute Gasteiger partial charge is 0.0100 e. The normalized spacial score (nSPS) is 31.5. The Balaban J connectivity index is 1.81. The summed E-state index contributed by atoms with van der Waals surface area (Å²) in [6, 6.07) is 0.792. The number of nitrogens with one attached hydrogen (secondary N) is 1. The quantitative estimate of drug-likeness (QED) is 0.762. The second kappa shape index (κ2) is 6.41. The van der Waals surface area contributed by atoms with E-state index in [0.717, 1.165) is 17.9 Å². The van der Waals surface area contributed by atoms with E-state index < -0.39 is 0 Å². The van der Waals surface area contributed by atoms with Gasteiger partial charge in [0.25, 0.3) is 0 Å². The molecule has 18 heavy (non-hydrogen) atoms. The maximum Gasteiger partial charge on any atom is 0.0100 e. The third-order valence-corrected chi connectivity index (χ3v) is 5.27. The van der Waals surface area contributed by atoms with Crippen LogP contribution in [0.4, 0.5) is 0 Å². The molecular weight excluding hydrogens is 218 g/mol.